The summed E-state index contributed by atoms with van der Waals surface area (Å²) in [5, 5.41) is 10.3. The summed E-state index contributed by atoms with van der Waals surface area (Å²) in [5.74, 6) is -0.317. The van der Waals surface area contributed by atoms with Crippen molar-refractivity contribution in [1.82, 2.24) is 4.98 Å². The number of aromatic nitrogens is 1. The number of nitrogens with zero attached hydrogens (tertiary/aromatic N) is 1. The molecule has 2 aromatic rings. The summed E-state index contributed by atoms with van der Waals surface area (Å²) >= 11 is 0. The number of esters is 1. The minimum absolute atomic E-state index is 0.0966. The van der Waals surface area contributed by atoms with Crippen molar-refractivity contribution >= 4 is 22.9 Å². The van der Waals surface area contributed by atoms with Crippen molar-refractivity contribution in [3.8, 4) is 0 Å². The largest absolute Gasteiger partial charge is 0.456 e. The minimum Gasteiger partial charge on any atom is -0.456 e. The van der Waals surface area contributed by atoms with E-state index in [0.717, 1.165) is 22.2 Å². The lowest BCUT2D eigenvalue weighted by Crippen LogP contribution is -2.12. The molecule has 0 aliphatic carbocycles. The molecule has 0 spiro atoms. The van der Waals surface area contributed by atoms with Gasteiger partial charge in [-0.15, -0.1) is 0 Å². The lowest BCUT2D eigenvalue weighted by atomic mass is 9.93. The normalized spacial score (nSPS) is 13.4. The van der Waals surface area contributed by atoms with Crippen LogP contribution in [0.25, 0.3) is 17.0 Å². The predicted octanol–water partition coefficient (Wildman–Crippen LogP) is 3.89. The monoisotopic (exact) mass is 313 g/mol. The minimum atomic E-state index is -0.371. The third-order valence-corrected chi connectivity index (χ3v) is 3.63. The van der Waals surface area contributed by atoms with Crippen LogP contribution in [0.4, 0.5) is 0 Å². The molecule has 1 heterocycles. The van der Waals surface area contributed by atoms with Crippen molar-refractivity contribution in [1.29, 1.82) is 0 Å². The number of hydrogen-bond acceptors (Lipinski definition) is 4. The number of aliphatic hydroxyl groups excluding tert-OH is 1. The lowest BCUT2D eigenvalue weighted by molar-refractivity contribution is -0.145. The van der Waals surface area contributed by atoms with Crippen LogP contribution in [0.1, 0.15) is 45.1 Å². The van der Waals surface area contributed by atoms with Crippen LogP contribution < -0.4 is 0 Å². The maximum atomic E-state index is 11.1. The number of pyridine rings is 1. The summed E-state index contributed by atoms with van der Waals surface area (Å²) in [6.07, 6.45) is 3.60. The Hall–Kier alpha value is -2.20. The number of hydrogen-bond donors (Lipinski definition) is 1. The van der Waals surface area contributed by atoms with Gasteiger partial charge in [-0.05, 0) is 24.6 Å². The maximum absolute atomic E-state index is 11.1. The van der Waals surface area contributed by atoms with Gasteiger partial charge in [0.1, 0.15) is 6.10 Å². The first-order valence-corrected chi connectivity index (χ1v) is 7.69. The van der Waals surface area contributed by atoms with Crippen LogP contribution in [0.5, 0.6) is 0 Å². The highest BCUT2D eigenvalue weighted by Crippen LogP contribution is 2.22. The van der Waals surface area contributed by atoms with Crippen LogP contribution >= 0.6 is 0 Å². The standard InChI is InChI=1S/C19H23NO3/c1-13(23-14(2)22)17-8-7-16-6-5-15(11-18(16)20-17)9-10-19(3,4)12-21/h5-11,13,21H,12H2,1-4H3/b10-9+/t13-/m1/s1. The van der Waals surface area contributed by atoms with E-state index in [4.69, 9.17) is 4.74 Å². The van der Waals surface area contributed by atoms with Crippen LogP contribution in [-0.2, 0) is 9.53 Å². The molecule has 1 aromatic carbocycles. The zero-order valence-corrected chi connectivity index (χ0v) is 14.0. The topological polar surface area (TPSA) is 59.4 Å². The van der Waals surface area contributed by atoms with Gasteiger partial charge < -0.3 is 9.84 Å². The zero-order chi connectivity index (χ0) is 17.0. The molecule has 0 aliphatic heterocycles. The molecule has 4 heteroatoms. The maximum Gasteiger partial charge on any atom is 0.303 e. The molecule has 0 fully saturated rings. The molecule has 0 aliphatic rings. The SMILES string of the molecule is CC(=O)O[C@H](C)c1ccc2ccc(/C=C/C(C)(C)CO)cc2n1. The molecule has 0 amide bonds. The Morgan fingerprint density at radius 3 is 2.70 bits per heavy atom. The number of rotatable bonds is 5. The molecule has 1 atom stereocenters. The molecular formula is C19H23NO3. The number of aliphatic hydroxyl groups is 1. The van der Waals surface area contributed by atoms with Gasteiger partial charge in [-0.1, -0.05) is 44.2 Å². The summed E-state index contributed by atoms with van der Waals surface area (Å²) in [6.45, 7) is 7.25. The Kier molecular flexibility index (Phi) is 5.16. The summed E-state index contributed by atoms with van der Waals surface area (Å²) in [4.78, 5) is 15.7. The second-order valence-electron chi connectivity index (χ2n) is 6.42. The Balaban J connectivity index is 2.32. The fraction of sp³-hybridized carbons (Fsp3) is 0.368. The Morgan fingerprint density at radius 1 is 1.35 bits per heavy atom. The summed E-state index contributed by atoms with van der Waals surface area (Å²) < 4.78 is 5.18. The van der Waals surface area contributed by atoms with Crippen molar-refractivity contribution in [2.24, 2.45) is 5.41 Å². The Bertz CT molecular complexity index is 734. The van der Waals surface area contributed by atoms with Crippen molar-refractivity contribution in [2.45, 2.75) is 33.8 Å². The quantitative estimate of drug-likeness (QED) is 0.851. The van der Waals surface area contributed by atoms with Crippen LogP contribution in [0.3, 0.4) is 0 Å². The first-order chi connectivity index (χ1) is 10.8. The number of ether oxygens (including phenoxy) is 1. The van der Waals surface area contributed by atoms with Crippen LogP contribution in [0.15, 0.2) is 36.4 Å². The van der Waals surface area contributed by atoms with Gasteiger partial charge >= 0.3 is 5.97 Å². The van der Waals surface area contributed by atoms with E-state index in [1.54, 1.807) is 0 Å². The van der Waals surface area contributed by atoms with Gasteiger partial charge in [-0.25, -0.2) is 4.98 Å². The highest BCUT2D eigenvalue weighted by Gasteiger charge is 2.12. The highest BCUT2D eigenvalue weighted by atomic mass is 16.5. The smallest absolute Gasteiger partial charge is 0.303 e. The van der Waals surface area contributed by atoms with E-state index in [-0.39, 0.29) is 24.1 Å². The number of fused-ring (bicyclic) bond motifs is 1. The summed E-state index contributed by atoms with van der Waals surface area (Å²) in [7, 11) is 0. The molecule has 0 radical (unpaired) electrons. The molecule has 23 heavy (non-hydrogen) atoms. The average Bonchev–Trinajstić information content (AvgIpc) is 2.51. The van der Waals surface area contributed by atoms with Crippen molar-refractivity contribution < 1.29 is 14.6 Å². The average molecular weight is 313 g/mol. The zero-order valence-electron chi connectivity index (χ0n) is 14.0. The lowest BCUT2D eigenvalue weighted by Gasteiger charge is -2.15. The number of carbonyl (C=O) groups excluding carboxylic acids is 1. The highest BCUT2D eigenvalue weighted by molar-refractivity contribution is 5.81. The Labute approximate surface area is 136 Å². The third kappa shape index (κ3) is 4.63. The summed E-state index contributed by atoms with van der Waals surface area (Å²) in [5.41, 5.74) is 2.34. The van der Waals surface area contributed by atoms with Gasteiger partial charge in [0.15, 0.2) is 0 Å². The van der Waals surface area contributed by atoms with E-state index in [9.17, 15) is 9.90 Å². The first kappa shape index (κ1) is 17.2. The van der Waals surface area contributed by atoms with Gasteiger partial charge in [-0.3, -0.25) is 4.79 Å². The predicted molar refractivity (Wildman–Crippen MR) is 91.8 cm³/mol. The van der Waals surface area contributed by atoms with Gasteiger partial charge in [-0.2, -0.15) is 0 Å². The van der Waals surface area contributed by atoms with E-state index in [0.29, 0.717) is 0 Å². The third-order valence-electron chi connectivity index (χ3n) is 3.63. The number of carbonyl (C=O) groups is 1. The van der Waals surface area contributed by atoms with Gasteiger partial charge in [0.25, 0.3) is 0 Å². The molecular weight excluding hydrogens is 290 g/mol. The second kappa shape index (κ2) is 6.92. The number of benzene rings is 1. The van der Waals surface area contributed by atoms with E-state index in [1.165, 1.54) is 6.92 Å². The molecule has 1 aromatic heterocycles. The molecule has 0 saturated heterocycles. The molecule has 4 nitrogen and oxygen atoms in total. The molecule has 122 valence electrons. The molecule has 2 rings (SSSR count). The van der Waals surface area contributed by atoms with Crippen molar-refractivity contribution in [3.63, 3.8) is 0 Å². The van der Waals surface area contributed by atoms with E-state index >= 15 is 0 Å². The van der Waals surface area contributed by atoms with Gasteiger partial charge in [0, 0.05) is 17.7 Å². The molecule has 0 bridgehead atoms. The molecule has 0 saturated carbocycles. The van der Waals surface area contributed by atoms with Crippen LogP contribution in [0.2, 0.25) is 0 Å². The molecule has 1 N–H and O–H groups in total. The van der Waals surface area contributed by atoms with Crippen molar-refractivity contribution in [2.75, 3.05) is 6.61 Å². The molecule has 0 unspecified atom stereocenters. The fourth-order valence-corrected chi connectivity index (χ4v) is 2.16. The fourth-order valence-electron chi connectivity index (χ4n) is 2.16. The van der Waals surface area contributed by atoms with Crippen LogP contribution in [-0.4, -0.2) is 22.7 Å². The van der Waals surface area contributed by atoms with Crippen LogP contribution in [0, 0.1) is 5.41 Å². The van der Waals surface area contributed by atoms with Gasteiger partial charge in [0.2, 0.25) is 0 Å². The summed E-state index contributed by atoms with van der Waals surface area (Å²) in [6, 6.07) is 9.86. The Morgan fingerprint density at radius 2 is 2.04 bits per heavy atom. The second-order valence-corrected chi connectivity index (χ2v) is 6.42. The van der Waals surface area contributed by atoms with E-state index < -0.39 is 0 Å². The van der Waals surface area contributed by atoms with E-state index in [2.05, 4.69) is 4.98 Å². The van der Waals surface area contributed by atoms with Crippen molar-refractivity contribution in [3.05, 3.63) is 47.7 Å². The van der Waals surface area contributed by atoms with E-state index in [1.807, 2.05) is 63.3 Å². The first-order valence-electron chi connectivity index (χ1n) is 7.69. The van der Waals surface area contributed by atoms with Gasteiger partial charge in [0.05, 0.1) is 17.8 Å².